The second-order valence-electron chi connectivity index (χ2n) is 10.6. The Hall–Kier alpha value is -1.81. The van der Waals surface area contributed by atoms with E-state index in [1.54, 1.807) is 0 Å². The van der Waals surface area contributed by atoms with Crippen LogP contribution in [0.2, 0.25) is 0 Å². The van der Waals surface area contributed by atoms with Crippen molar-refractivity contribution in [3.63, 3.8) is 0 Å². The van der Waals surface area contributed by atoms with Gasteiger partial charge < -0.3 is 79.7 Å². The highest BCUT2D eigenvalue weighted by Gasteiger charge is 2.62. The summed E-state index contributed by atoms with van der Waals surface area (Å²) in [7, 11) is 0. The predicted octanol–water partition coefficient (Wildman–Crippen LogP) is -5.56. The van der Waals surface area contributed by atoms with Crippen LogP contribution in [0.4, 0.5) is 0 Å². The average molecular weight is 610 g/mol. The quantitative estimate of drug-likeness (QED) is 0.123. The Bertz CT molecular complexity index is 982. The molecule has 0 saturated carbocycles. The average Bonchev–Trinajstić information content (AvgIpc) is 2.97. The summed E-state index contributed by atoms with van der Waals surface area (Å²) in [6, 6.07) is -1.50. The van der Waals surface area contributed by atoms with Crippen LogP contribution in [-0.2, 0) is 33.2 Å². The molecule has 0 aromatic heterocycles. The molecule has 17 nitrogen and oxygen atoms in total. The molecule has 10 N–H and O–H groups in total. The van der Waals surface area contributed by atoms with E-state index in [0.29, 0.717) is 0 Å². The van der Waals surface area contributed by atoms with E-state index in [9.17, 15) is 50.8 Å². The number of nitrogens with one attached hydrogen (secondary N) is 1. The van der Waals surface area contributed by atoms with Crippen molar-refractivity contribution < 1.29 is 79.2 Å². The summed E-state index contributed by atoms with van der Waals surface area (Å²) in [6.45, 7) is 0.896. The number of hydrogen-bond acceptors (Lipinski definition) is 16. The zero-order chi connectivity index (χ0) is 30.9. The molecule has 0 aromatic carbocycles. The minimum Gasteiger partial charge on any atom is -0.488 e. The van der Waals surface area contributed by atoms with Crippen molar-refractivity contribution in [2.45, 2.75) is 112 Å². The first-order valence-corrected chi connectivity index (χ1v) is 13.4. The molecule has 240 valence electrons. The van der Waals surface area contributed by atoms with Gasteiger partial charge in [0.2, 0.25) is 11.7 Å². The van der Waals surface area contributed by atoms with E-state index in [1.807, 2.05) is 0 Å². The topological polar surface area (TPSA) is 267 Å². The van der Waals surface area contributed by atoms with Gasteiger partial charge in [-0.1, -0.05) is 6.08 Å². The number of amides is 1. The Morgan fingerprint density at radius 3 is 2.17 bits per heavy atom. The molecule has 16 atom stereocenters. The summed E-state index contributed by atoms with van der Waals surface area (Å²) in [4.78, 5) is 12.1. The standard InChI is InChI=1S/C25H39NO16/c1-9-15(30)18(33)22(35)25(41-9,13-5-3-4-6-37-13)42-20-12(8-28)38-23(36)14(26-10(2)29)21(20)40-24-19(34)17(32)16(31)11(7-27)39-24/h3-6,9,11-24,27-28,30-36H,7-8H2,1-2H3,(H,26,29)/t9-,11+,12+,13?,14+,15+,16-,17-,18+,19+,20+,21+,22-,23?,24?,25?/m0/s1. The lowest BCUT2D eigenvalue weighted by Crippen LogP contribution is -2.74. The van der Waals surface area contributed by atoms with Gasteiger partial charge in [0.05, 0.1) is 25.6 Å². The molecule has 0 bridgehead atoms. The number of carbonyl (C=O) groups is 1. The zero-order valence-corrected chi connectivity index (χ0v) is 22.8. The smallest absolute Gasteiger partial charge is 0.240 e. The van der Waals surface area contributed by atoms with Gasteiger partial charge in [0.1, 0.15) is 67.1 Å². The van der Waals surface area contributed by atoms with Crippen LogP contribution in [0.1, 0.15) is 13.8 Å². The summed E-state index contributed by atoms with van der Waals surface area (Å²) in [5.74, 6) is -3.01. The van der Waals surface area contributed by atoms with Gasteiger partial charge in [0.15, 0.2) is 18.7 Å². The van der Waals surface area contributed by atoms with E-state index < -0.39 is 117 Å². The Labute approximate surface area is 240 Å². The third-order valence-electron chi connectivity index (χ3n) is 7.71. The van der Waals surface area contributed by atoms with Crippen LogP contribution >= 0.6 is 0 Å². The number of allylic oxidation sites excluding steroid dienone is 2. The SMILES string of the molecule is CC(=O)N[C@H]1C(O)O[C@H](CO)[C@@H](OC2(C3C=CC=CO3)O[C@@H](C)[C@@H](O)[C@@H](O)[C@@H]2O)[C@@H]1OC1O[C@H](CO)[C@H](O)[C@H](O)[C@H]1O. The lowest BCUT2D eigenvalue weighted by atomic mass is 9.87. The van der Waals surface area contributed by atoms with E-state index in [1.165, 1.54) is 31.4 Å². The molecule has 4 aliphatic heterocycles. The second-order valence-corrected chi connectivity index (χ2v) is 10.6. The number of rotatable bonds is 8. The van der Waals surface area contributed by atoms with Crippen molar-refractivity contribution in [2.24, 2.45) is 0 Å². The van der Waals surface area contributed by atoms with Gasteiger partial charge in [0.25, 0.3) is 0 Å². The first-order valence-electron chi connectivity index (χ1n) is 13.4. The summed E-state index contributed by atoms with van der Waals surface area (Å²) >= 11 is 0. The molecule has 4 aliphatic rings. The van der Waals surface area contributed by atoms with Crippen molar-refractivity contribution >= 4 is 5.91 Å². The minimum absolute atomic E-state index is 0.675. The Balaban J connectivity index is 1.77. The molecule has 4 heterocycles. The monoisotopic (exact) mass is 609 g/mol. The molecule has 3 saturated heterocycles. The van der Waals surface area contributed by atoms with Gasteiger partial charge in [-0.3, -0.25) is 4.79 Å². The lowest BCUT2D eigenvalue weighted by molar-refractivity contribution is -0.419. The van der Waals surface area contributed by atoms with Gasteiger partial charge in [-0.05, 0) is 19.1 Å². The summed E-state index contributed by atoms with van der Waals surface area (Å²) in [6.07, 6.45) is -17.3. The van der Waals surface area contributed by atoms with Crippen LogP contribution in [0.15, 0.2) is 24.5 Å². The van der Waals surface area contributed by atoms with Crippen molar-refractivity contribution in [3.8, 4) is 0 Å². The molecule has 0 aromatic rings. The van der Waals surface area contributed by atoms with Gasteiger partial charge in [0, 0.05) is 6.92 Å². The molecule has 0 radical (unpaired) electrons. The highest BCUT2D eigenvalue weighted by atomic mass is 16.8. The number of hydrogen-bond donors (Lipinski definition) is 10. The number of aliphatic hydroxyl groups is 9. The van der Waals surface area contributed by atoms with Gasteiger partial charge in [-0.25, -0.2) is 0 Å². The Morgan fingerprint density at radius 2 is 1.57 bits per heavy atom. The number of carbonyl (C=O) groups excluding carboxylic acids is 1. The minimum atomic E-state index is -2.33. The maximum Gasteiger partial charge on any atom is 0.240 e. The van der Waals surface area contributed by atoms with Crippen LogP contribution in [0.3, 0.4) is 0 Å². The molecule has 4 rings (SSSR count). The van der Waals surface area contributed by atoms with Gasteiger partial charge in [-0.15, -0.1) is 0 Å². The van der Waals surface area contributed by atoms with E-state index >= 15 is 0 Å². The van der Waals surface area contributed by atoms with Crippen LogP contribution in [0.5, 0.6) is 0 Å². The van der Waals surface area contributed by atoms with Crippen molar-refractivity contribution in [2.75, 3.05) is 13.2 Å². The van der Waals surface area contributed by atoms with Crippen LogP contribution < -0.4 is 5.32 Å². The summed E-state index contributed by atoms with van der Waals surface area (Å²) in [5.41, 5.74) is 0. The van der Waals surface area contributed by atoms with E-state index in [0.717, 1.165) is 6.92 Å². The summed E-state index contributed by atoms with van der Waals surface area (Å²) < 4.78 is 34.8. The fourth-order valence-corrected chi connectivity index (χ4v) is 5.45. The molecule has 0 spiro atoms. The van der Waals surface area contributed by atoms with Crippen LogP contribution in [0.25, 0.3) is 0 Å². The molecular weight excluding hydrogens is 570 g/mol. The maximum atomic E-state index is 12.1. The highest BCUT2D eigenvalue weighted by Crippen LogP contribution is 2.41. The van der Waals surface area contributed by atoms with E-state index in [4.69, 9.17) is 28.4 Å². The molecule has 3 fully saturated rings. The largest absolute Gasteiger partial charge is 0.488 e. The lowest BCUT2D eigenvalue weighted by Gasteiger charge is -2.54. The van der Waals surface area contributed by atoms with Crippen molar-refractivity contribution in [3.05, 3.63) is 24.5 Å². The number of aliphatic hydroxyl groups excluding tert-OH is 9. The van der Waals surface area contributed by atoms with Gasteiger partial charge in [-0.2, -0.15) is 0 Å². The van der Waals surface area contributed by atoms with Crippen LogP contribution in [0, 0.1) is 0 Å². The molecule has 0 aliphatic carbocycles. The fourth-order valence-electron chi connectivity index (χ4n) is 5.45. The molecule has 1 amide bonds. The second kappa shape index (κ2) is 13.4. The Kier molecular flexibility index (Phi) is 10.6. The third kappa shape index (κ3) is 6.21. The molecular formula is C25H39NO16. The van der Waals surface area contributed by atoms with Crippen LogP contribution in [-0.4, -0.2) is 163 Å². The first kappa shape index (κ1) is 33.1. The fraction of sp³-hybridized carbons (Fsp3) is 0.800. The third-order valence-corrected chi connectivity index (χ3v) is 7.71. The van der Waals surface area contributed by atoms with Crippen molar-refractivity contribution in [1.82, 2.24) is 5.32 Å². The normalized spacial score (nSPS) is 49.4. The number of ether oxygens (including phenoxy) is 6. The molecule has 42 heavy (non-hydrogen) atoms. The van der Waals surface area contributed by atoms with Crippen molar-refractivity contribution in [1.29, 1.82) is 0 Å². The predicted molar refractivity (Wildman–Crippen MR) is 134 cm³/mol. The van der Waals surface area contributed by atoms with E-state index in [-0.39, 0.29) is 0 Å². The highest BCUT2D eigenvalue weighted by molar-refractivity contribution is 5.73. The molecule has 4 unspecified atom stereocenters. The molecule has 17 heteroatoms. The van der Waals surface area contributed by atoms with Gasteiger partial charge >= 0.3 is 0 Å². The first-order chi connectivity index (χ1) is 19.9. The summed E-state index contributed by atoms with van der Waals surface area (Å²) in [5, 5.41) is 96.5. The Morgan fingerprint density at radius 1 is 0.881 bits per heavy atom. The van der Waals surface area contributed by atoms with E-state index in [2.05, 4.69) is 5.32 Å². The zero-order valence-electron chi connectivity index (χ0n) is 22.8. The maximum absolute atomic E-state index is 12.1.